The molecule has 1 N–H and O–H groups in total. The Balaban J connectivity index is 1.34. The van der Waals surface area contributed by atoms with Gasteiger partial charge in [0.1, 0.15) is 17.4 Å². The van der Waals surface area contributed by atoms with E-state index in [0.29, 0.717) is 16.7 Å². The van der Waals surface area contributed by atoms with E-state index < -0.39 is 11.6 Å². The third kappa shape index (κ3) is 6.02. The summed E-state index contributed by atoms with van der Waals surface area (Å²) < 4.78 is 27.0. The van der Waals surface area contributed by atoms with E-state index in [2.05, 4.69) is 0 Å². The summed E-state index contributed by atoms with van der Waals surface area (Å²) in [5.41, 5.74) is 6.64. The molecule has 6 aromatic rings. The van der Waals surface area contributed by atoms with Gasteiger partial charge < -0.3 is 5.11 Å². The van der Waals surface area contributed by atoms with Crippen molar-refractivity contribution in [2.45, 2.75) is 0 Å². The molecule has 6 rings (SSSR count). The first kappa shape index (κ1) is 27.5. The van der Waals surface area contributed by atoms with E-state index >= 15 is 0 Å². The van der Waals surface area contributed by atoms with Crippen LogP contribution in [0.25, 0.3) is 33.4 Å². The molecule has 0 aliphatic heterocycles. The zero-order valence-corrected chi connectivity index (χ0v) is 22.8. The first-order valence-corrected chi connectivity index (χ1v) is 13.6. The number of benzene rings is 6. The van der Waals surface area contributed by atoms with Crippen LogP contribution in [0.5, 0.6) is 5.75 Å². The second kappa shape index (κ2) is 11.7. The summed E-state index contributed by atoms with van der Waals surface area (Å²) in [6, 6.07) is 38.4. The fourth-order valence-electron chi connectivity index (χ4n) is 4.96. The molecule has 0 saturated carbocycles. The molecule has 0 aliphatic carbocycles. The smallest absolute Gasteiger partial charge is 0.193 e. The Kier molecular flexibility index (Phi) is 7.46. The van der Waals surface area contributed by atoms with Crippen molar-refractivity contribution in [3.63, 3.8) is 0 Å². The highest BCUT2D eigenvalue weighted by molar-refractivity contribution is 6.14. The lowest BCUT2D eigenvalue weighted by atomic mass is 9.92. The molecule has 0 fully saturated rings. The first-order chi connectivity index (χ1) is 20.8. The number of hydrogen-bond acceptors (Lipinski definition) is 3. The topological polar surface area (TPSA) is 54.4 Å². The van der Waals surface area contributed by atoms with E-state index in [4.69, 9.17) is 0 Å². The number of rotatable bonds is 7. The molecule has 208 valence electrons. The number of halogens is 2. The SMILES string of the molecule is O=C(c1ccc(F)cc1)c1cc(C(=O)c2ccc(F)cc2)cc(-c2ccc(-c3ccc(-c4ccc(O)cc4)cc3)cc2)c1. The molecular weight excluding hydrogens is 542 g/mol. The minimum absolute atomic E-state index is 0.220. The molecule has 0 bridgehead atoms. The Morgan fingerprint density at radius 3 is 1.02 bits per heavy atom. The van der Waals surface area contributed by atoms with Gasteiger partial charge in [0.2, 0.25) is 0 Å². The summed E-state index contributed by atoms with van der Waals surface area (Å²) >= 11 is 0. The van der Waals surface area contributed by atoms with Gasteiger partial charge in [-0.3, -0.25) is 9.59 Å². The minimum Gasteiger partial charge on any atom is -0.508 e. The molecule has 0 heterocycles. The zero-order valence-electron chi connectivity index (χ0n) is 22.8. The van der Waals surface area contributed by atoms with Gasteiger partial charge >= 0.3 is 0 Å². The monoisotopic (exact) mass is 566 g/mol. The highest BCUT2D eigenvalue weighted by Crippen LogP contribution is 2.30. The molecule has 0 amide bonds. The van der Waals surface area contributed by atoms with Crippen LogP contribution >= 0.6 is 0 Å². The number of carbonyl (C=O) groups is 2. The quantitative estimate of drug-likeness (QED) is 0.196. The van der Waals surface area contributed by atoms with Crippen molar-refractivity contribution < 1.29 is 23.5 Å². The lowest BCUT2D eigenvalue weighted by molar-refractivity contribution is 0.103. The minimum atomic E-state index is -0.451. The van der Waals surface area contributed by atoms with Gasteiger partial charge in [0, 0.05) is 22.3 Å². The second-order valence-corrected chi connectivity index (χ2v) is 10.2. The molecule has 5 heteroatoms. The number of phenolic OH excluding ortho intramolecular Hbond substituents is 1. The third-order valence-electron chi connectivity index (χ3n) is 7.31. The summed E-state index contributed by atoms with van der Waals surface area (Å²) in [4.78, 5) is 26.8. The van der Waals surface area contributed by atoms with Crippen LogP contribution in [-0.4, -0.2) is 16.7 Å². The number of aromatic hydroxyl groups is 1. The van der Waals surface area contributed by atoms with Crippen LogP contribution in [0.1, 0.15) is 31.8 Å². The van der Waals surface area contributed by atoms with Crippen molar-refractivity contribution in [1.29, 1.82) is 0 Å². The van der Waals surface area contributed by atoms with Gasteiger partial charge in [0.05, 0.1) is 0 Å². The molecular formula is C38H24F2O3. The van der Waals surface area contributed by atoms with E-state index in [1.54, 1.807) is 24.3 Å². The fraction of sp³-hybridized carbons (Fsp3) is 0. The van der Waals surface area contributed by atoms with Gasteiger partial charge in [-0.1, -0.05) is 60.7 Å². The predicted octanol–water partition coefficient (Wildman–Crippen LogP) is 9.13. The van der Waals surface area contributed by atoms with Gasteiger partial charge in [-0.15, -0.1) is 0 Å². The Hall–Kier alpha value is -5.68. The molecule has 0 aliphatic rings. The predicted molar refractivity (Wildman–Crippen MR) is 164 cm³/mol. The lowest BCUT2D eigenvalue weighted by Crippen LogP contribution is -2.07. The Bertz CT molecular complexity index is 1850. The van der Waals surface area contributed by atoms with Crippen LogP contribution in [-0.2, 0) is 0 Å². The average molecular weight is 567 g/mol. The fourth-order valence-corrected chi connectivity index (χ4v) is 4.96. The molecule has 0 spiro atoms. The van der Waals surface area contributed by atoms with Crippen molar-refractivity contribution in [2.75, 3.05) is 0 Å². The highest BCUT2D eigenvalue weighted by atomic mass is 19.1. The van der Waals surface area contributed by atoms with E-state index in [-0.39, 0.29) is 28.4 Å². The summed E-state index contributed by atoms with van der Waals surface area (Å²) in [5.74, 6) is -1.38. The zero-order chi connectivity index (χ0) is 29.9. The van der Waals surface area contributed by atoms with Crippen molar-refractivity contribution in [3.05, 3.63) is 173 Å². The Morgan fingerprint density at radius 1 is 0.372 bits per heavy atom. The van der Waals surface area contributed by atoms with Gasteiger partial charge in [0.25, 0.3) is 0 Å². The van der Waals surface area contributed by atoms with Crippen LogP contribution in [0, 0.1) is 11.6 Å². The molecule has 0 saturated heterocycles. The highest BCUT2D eigenvalue weighted by Gasteiger charge is 2.17. The van der Waals surface area contributed by atoms with Crippen molar-refractivity contribution in [1.82, 2.24) is 0 Å². The number of phenols is 1. The maximum atomic E-state index is 13.5. The molecule has 6 aromatic carbocycles. The molecule has 0 atom stereocenters. The number of carbonyl (C=O) groups excluding carboxylic acids is 2. The van der Waals surface area contributed by atoms with Crippen molar-refractivity contribution >= 4 is 11.6 Å². The van der Waals surface area contributed by atoms with E-state index in [0.717, 1.165) is 27.8 Å². The summed E-state index contributed by atoms with van der Waals surface area (Å²) in [5, 5.41) is 9.55. The molecule has 0 radical (unpaired) electrons. The maximum Gasteiger partial charge on any atom is 0.193 e. The van der Waals surface area contributed by atoms with Gasteiger partial charge in [-0.05, 0) is 112 Å². The van der Waals surface area contributed by atoms with E-state index in [9.17, 15) is 23.5 Å². The van der Waals surface area contributed by atoms with Crippen LogP contribution in [0.15, 0.2) is 140 Å². The lowest BCUT2D eigenvalue weighted by Gasteiger charge is -2.11. The summed E-state index contributed by atoms with van der Waals surface area (Å²) in [7, 11) is 0. The molecule has 43 heavy (non-hydrogen) atoms. The van der Waals surface area contributed by atoms with E-state index in [1.165, 1.54) is 54.6 Å². The Labute approximate surface area is 247 Å². The molecule has 0 aromatic heterocycles. The van der Waals surface area contributed by atoms with Crippen LogP contribution < -0.4 is 0 Å². The normalized spacial score (nSPS) is 10.8. The van der Waals surface area contributed by atoms with Crippen LogP contribution in [0.4, 0.5) is 8.78 Å². The molecule has 0 unspecified atom stereocenters. The summed E-state index contributed by atoms with van der Waals surface area (Å²) in [6.07, 6.45) is 0. The largest absolute Gasteiger partial charge is 0.508 e. The van der Waals surface area contributed by atoms with Gasteiger partial charge in [-0.2, -0.15) is 0 Å². The number of hydrogen-bond donors (Lipinski definition) is 1. The second-order valence-electron chi connectivity index (χ2n) is 10.2. The van der Waals surface area contributed by atoms with Gasteiger partial charge in [0.15, 0.2) is 11.6 Å². The average Bonchev–Trinajstić information content (AvgIpc) is 3.05. The van der Waals surface area contributed by atoms with Crippen molar-refractivity contribution in [3.8, 4) is 39.1 Å². The van der Waals surface area contributed by atoms with Crippen molar-refractivity contribution in [2.24, 2.45) is 0 Å². The van der Waals surface area contributed by atoms with Crippen LogP contribution in [0.3, 0.4) is 0 Å². The maximum absolute atomic E-state index is 13.5. The Morgan fingerprint density at radius 2 is 0.674 bits per heavy atom. The van der Waals surface area contributed by atoms with Crippen LogP contribution in [0.2, 0.25) is 0 Å². The summed E-state index contributed by atoms with van der Waals surface area (Å²) in [6.45, 7) is 0. The standard InChI is InChI=1S/C38H24F2O3/c39-34-15-9-29(10-16-34)37(42)32-21-31(22-33(23-32)38(43)30-11-17-35(40)18-12-30)28-7-5-25(6-8-28)24-1-3-26(4-2-24)27-13-19-36(41)20-14-27/h1-23,41H. The van der Waals surface area contributed by atoms with E-state index in [1.807, 2.05) is 60.7 Å². The first-order valence-electron chi connectivity index (χ1n) is 13.6. The van der Waals surface area contributed by atoms with Gasteiger partial charge in [-0.25, -0.2) is 8.78 Å². The third-order valence-corrected chi connectivity index (χ3v) is 7.31. The number of ketones is 2. The molecule has 3 nitrogen and oxygen atoms in total.